The molecule has 1 aliphatic heterocycles. The molecule has 0 saturated carbocycles. The van der Waals surface area contributed by atoms with Gasteiger partial charge in [-0.2, -0.15) is 0 Å². The minimum Gasteiger partial charge on any atom is -0.494 e. The minimum atomic E-state index is -0.878. The minimum absolute atomic E-state index is 0.355. The third-order valence-electron chi connectivity index (χ3n) is 4.16. The van der Waals surface area contributed by atoms with Crippen LogP contribution in [0.15, 0.2) is 18.2 Å². The fraction of sp³-hybridized carbons (Fsp3) is 0.611. The third kappa shape index (κ3) is 4.65. The van der Waals surface area contributed by atoms with Crippen molar-refractivity contribution in [2.75, 3.05) is 24.6 Å². The van der Waals surface area contributed by atoms with E-state index in [-0.39, 0.29) is 0 Å². The van der Waals surface area contributed by atoms with Crippen LogP contribution in [0.2, 0.25) is 0 Å². The molecular weight excluding hydrogens is 278 g/mol. The lowest BCUT2D eigenvalue weighted by Crippen LogP contribution is -2.30. The van der Waals surface area contributed by atoms with Crippen molar-refractivity contribution in [3.05, 3.63) is 23.8 Å². The second kappa shape index (κ2) is 8.66. The van der Waals surface area contributed by atoms with Crippen LogP contribution in [0, 0.1) is 0 Å². The van der Waals surface area contributed by atoms with E-state index in [4.69, 9.17) is 4.74 Å². The van der Waals surface area contributed by atoms with Gasteiger partial charge >= 0.3 is 5.97 Å². The van der Waals surface area contributed by atoms with E-state index in [0.29, 0.717) is 17.9 Å². The Labute approximate surface area is 133 Å². The molecule has 0 atom stereocenters. The maximum absolute atomic E-state index is 11.5. The Morgan fingerprint density at radius 3 is 2.64 bits per heavy atom. The number of carbonyl (C=O) groups is 1. The topological polar surface area (TPSA) is 49.8 Å². The first-order valence-corrected chi connectivity index (χ1v) is 8.47. The molecule has 0 aliphatic carbocycles. The Morgan fingerprint density at radius 2 is 1.95 bits per heavy atom. The predicted octanol–water partition coefficient (Wildman–Crippen LogP) is 4.33. The van der Waals surface area contributed by atoms with Crippen LogP contribution in [0.1, 0.15) is 62.2 Å². The van der Waals surface area contributed by atoms with Gasteiger partial charge in [-0.25, -0.2) is 4.79 Å². The maximum Gasteiger partial charge on any atom is 0.337 e. The highest BCUT2D eigenvalue weighted by molar-refractivity contribution is 5.95. The number of hydrogen-bond acceptors (Lipinski definition) is 3. The van der Waals surface area contributed by atoms with Crippen LogP contribution in [0.25, 0.3) is 0 Å². The number of anilines is 1. The Hall–Kier alpha value is -1.71. The highest BCUT2D eigenvalue weighted by Gasteiger charge is 2.18. The van der Waals surface area contributed by atoms with Gasteiger partial charge in [0.2, 0.25) is 0 Å². The number of ether oxygens (including phenoxy) is 1. The quantitative estimate of drug-likeness (QED) is 0.726. The summed E-state index contributed by atoms with van der Waals surface area (Å²) >= 11 is 0. The summed E-state index contributed by atoms with van der Waals surface area (Å²) in [7, 11) is 0. The summed E-state index contributed by atoms with van der Waals surface area (Å²) in [5, 5.41) is 9.48. The Bertz CT molecular complexity index is 481. The number of hydrogen-bond donors (Lipinski definition) is 1. The van der Waals surface area contributed by atoms with Crippen molar-refractivity contribution in [2.24, 2.45) is 0 Å². The molecule has 1 aromatic carbocycles. The second-order valence-corrected chi connectivity index (χ2v) is 5.94. The van der Waals surface area contributed by atoms with Gasteiger partial charge in [-0.1, -0.05) is 26.2 Å². The molecule has 0 unspecified atom stereocenters. The molecule has 1 fully saturated rings. The van der Waals surface area contributed by atoms with Crippen LogP contribution in [0.4, 0.5) is 5.69 Å². The van der Waals surface area contributed by atoms with Crippen molar-refractivity contribution in [2.45, 2.75) is 51.9 Å². The second-order valence-electron chi connectivity index (χ2n) is 5.94. The summed E-state index contributed by atoms with van der Waals surface area (Å²) < 4.78 is 5.70. The lowest BCUT2D eigenvalue weighted by atomic mass is 10.1. The van der Waals surface area contributed by atoms with Crippen molar-refractivity contribution in [1.82, 2.24) is 0 Å². The zero-order valence-corrected chi connectivity index (χ0v) is 13.5. The average molecular weight is 305 g/mol. The van der Waals surface area contributed by atoms with Gasteiger partial charge in [0.15, 0.2) is 0 Å². The normalized spacial score (nSPS) is 14.9. The molecule has 1 heterocycles. The lowest BCUT2D eigenvalue weighted by molar-refractivity contribution is 0.0697. The van der Waals surface area contributed by atoms with Crippen molar-refractivity contribution in [3.8, 4) is 5.75 Å². The molecule has 1 saturated heterocycles. The van der Waals surface area contributed by atoms with E-state index in [1.54, 1.807) is 6.07 Å². The molecule has 1 N–H and O–H groups in total. The van der Waals surface area contributed by atoms with Crippen LogP contribution in [0.3, 0.4) is 0 Å². The number of rotatable bonds is 8. The standard InChI is InChI=1S/C18H27NO3/c1-2-3-4-8-13-22-15-9-10-17(16(14-15)18(20)21)19-11-6-5-7-12-19/h9-10,14H,2-8,11-13H2,1H3,(H,20,21). The zero-order valence-electron chi connectivity index (χ0n) is 13.5. The van der Waals surface area contributed by atoms with E-state index in [1.165, 1.54) is 19.3 Å². The smallest absolute Gasteiger partial charge is 0.337 e. The van der Waals surface area contributed by atoms with E-state index in [9.17, 15) is 9.90 Å². The number of piperidine rings is 1. The Kier molecular flexibility index (Phi) is 6.56. The van der Waals surface area contributed by atoms with Gasteiger partial charge in [0, 0.05) is 13.1 Å². The first-order valence-electron chi connectivity index (χ1n) is 8.47. The van der Waals surface area contributed by atoms with E-state index < -0.39 is 5.97 Å². The van der Waals surface area contributed by atoms with Gasteiger partial charge in [0.25, 0.3) is 0 Å². The van der Waals surface area contributed by atoms with Gasteiger partial charge in [-0.15, -0.1) is 0 Å². The molecule has 122 valence electrons. The number of aromatic carboxylic acids is 1. The molecule has 4 heteroatoms. The zero-order chi connectivity index (χ0) is 15.8. The van der Waals surface area contributed by atoms with Crippen molar-refractivity contribution < 1.29 is 14.6 Å². The van der Waals surface area contributed by atoms with E-state index in [1.807, 2.05) is 12.1 Å². The number of carboxylic acids is 1. The predicted molar refractivity (Wildman–Crippen MR) is 89.1 cm³/mol. The fourth-order valence-electron chi connectivity index (χ4n) is 2.91. The summed E-state index contributed by atoms with van der Waals surface area (Å²) in [6.45, 7) is 4.72. The van der Waals surface area contributed by atoms with Crippen molar-refractivity contribution in [3.63, 3.8) is 0 Å². The van der Waals surface area contributed by atoms with Crippen LogP contribution < -0.4 is 9.64 Å². The van der Waals surface area contributed by atoms with Crippen molar-refractivity contribution in [1.29, 1.82) is 0 Å². The first-order chi connectivity index (χ1) is 10.7. The van der Waals surface area contributed by atoms with Gasteiger partial charge in [-0.3, -0.25) is 0 Å². The summed E-state index contributed by atoms with van der Waals surface area (Å²) in [6.07, 6.45) is 8.10. The highest BCUT2D eigenvalue weighted by atomic mass is 16.5. The molecule has 0 aromatic heterocycles. The molecule has 0 spiro atoms. The molecule has 2 rings (SSSR count). The molecule has 4 nitrogen and oxygen atoms in total. The van der Waals surface area contributed by atoms with Gasteiger partial charge in [0.1, 0.15) is 5.75 Å². The molecule has 22 heavy (non-hydrogen) atoms. The van der Waals surface area contributed by atoms with E-state index in [0.717, 1.165) is 44.5 Å². The molecule has 0 amide bonds. The number of carboxylic acid groups (broad SMARTS) is 1. The van der Waals surface area contributed by atoms with E-state index >= 15 is 0 Å². The highest BCUT2D eigenvalue weighted by Crippen LogP contribution is 2.28. The van der Waals surface area contributed by atoms with Crippen LogP contribution in [0.5, 0.6) is 5.75 Å². The summed E-state index contributed by atoms with van der Waals surface area (Å²) in [5.41, 5.74) is 1.18. The summed E-state index contributed by atoms with van der Waals surface area (Å²) in [6, 6.07) is 5.47. The van der Waals surface area contributed by atoms with Crippen LogP contribution in [-0.2, 0) is 0 Å². The largest absolute Gasteiger partial charge is 0.494 e. The third-order valence-corrected chi connectivity index (χ3v) is 4.16. The summed E-state index contributed by atoms with van der Waals surface area (Å²) in [5.74, 6) is -0.216. The van der Waals surface area contributed by atoms with Gasteiger partial charge in [-0.05, 0) is 43.9 Å². The molecular formula is C18H27NO3. The number of benzene rings is 1. The van der Waals surface area contributed by atoms with Gasteiger partial charge in [0.05, 0.1) is 17.9 Å². The SMILES string of the molecule is CCCCCCOc1ccc(N2CCCCC2)c(C(=O)O)c1. The monoisotopic (exact) mass is 305 g/mol. The van der Waals surface area contributed by atoms with Gasteiger partial charge < -0.3 is 14.7 Å². The van der Waals surface area contributed by atoms with Crippen LogP contribution >= 0.6 is 0 Å². The molecule has 0 bridgehead atoms. The fourth-order valence-corrected chi connectivity index (χ4v) is 2.91. The maximum atomic E-state index is 11.5. The average Bonchev–Trinajstić information content (AvgIpc) is 2.55. The Morgan fingerprint density at radius 1 is 1.18 bits per heavy atom. The molecule has 1 aromatic rings. The van der Waals surface area contributed by atoms with Crippen molar-refractivity contribution >= 4 is 11.7 Å². The first kappa shape index (κ1) is 16.7. The van der Waals surface area contributed by atoms with E-state index in [2.05, 4.69) is 11.8 Å². The molecule has 0 radical (unpaired) electrons. The molecule has 1 aliphatic rings. The van der Waals surface area contributed by atoms with Crippen LogP contribution in [-0.4, -0.2) is 30.8 Å². The Balaban J connectivity index is 2.01. The number of unbranched alkanes of at least 4 members (excludes halogenated alkanes) is 3. The summed E-state index contributed by atoms with van der Waals surface area (Å²) in [4.78, 5) is 13.7. The lowest BCUT2D eigenvalue weighted by Gasteiger charge is -2.30. The number of nitrogens with zero attached hydrogens (tertiary/aromatic N) is 1.